The number of nitrogens with one attached hydrogen (secondary N) is 1. The molecule has 1 aliphatic heterocycles. The topological polar surface area (TPSA) is 92.4 Å². The van der Waals surface area contributed by atoms with Gasteiger partial charge in [0.25, 0.3) is 0 Å². The first-order valence-corrected chi connectivity index (χ1v) is 8.48. The summed E-state index contributed by atoms with van der Waals surface area (Å²) in [5.41, 5.74) is 8.30. The average molecular weight is 322 g/mol. The summed E-state index contributed by atoms with van der Waals surface area (Å²) in [6.07, 6.45) is 0. The summed E-state index contributed by atoms with van der Waals surface area (Å²) >= 11 is 1.07. The van der Waals surface area contributed by atoms with Crippen LogP contribution in [0.1, 0.15) is 11.1 Å². The number of benzene rings is 2. The predicted octanol–water partition coefficient (Wildman–Crippen LogP) is 2.79. The molecule has 0 saturated heterocycles. The van der Waals surface area contributed by atoms with Gasteiger partial charge in [-0.1, -0.05) is 30.0 Å². The Morgan fingerprint density at radius 1 is 1.19 bits per heavy atom. The number of hydrogen-bond acceptors (Lipinski definition) is 5. The smallest absolute Gasteiger partial charge is 0.304 e. The number of nitrogen functional groups attached to an aromatic ring is 1. The maximum Gasteiger partial charge on any atom is 0.304 e. The van der Waals surface area contributed by atoms with Gasteiger partial charge in [-0.2, -0.15) is 8.42 Å². The van der Waals surface area contributed by atoms with Gasteiger partial charge >= 0.3 is 10.1 Å². The van der Waals surface area contributed by atoms with Crippen LogP contribution in [0.5, 0.6) is 0 Å². The molecule has 5 nitrogen and oxygen atoms in total. The SMILES string of the molecule is Cc1ccc2c(c1)SC(c1ccc(N)cc1)(S(=O)(=O)O)N2. The number of fused-ring (bicyclic) bond motifs is 1. The van der Waals surface area contributed by atoms with Crippen LogP contribution in [-0.2, 0) is 14.3 Å². The summed E-state index contributed by atoms with van der Waals surface area (Å²) in [5, 5.41) is 2.94. The quantitative estimate of drug-likeness (QED) is 0.581. The highest BCUT2D eigenvalue weighted by Crippen LogP contribution is 2.54. The fourth-order valence-electron chi connectivity index (χ4n) is 2.27. The number of hydrogen-bond donors (Lipinski definition) is 3. The van der Waals surface area contributed by atoms with Gasteiger partial charge in [0.1, 0.15) is 0 Å². The molecule has 0 radical (unpaired) electrons. The van der Waals surface area contributed by atoms with Crippen LogP contribution in [0, 0.1) is 6.92 Å². The zero-order valence-corrected chi connectivity index (χ0v) is 12.8. The van der Waals surface area contributed by atoms with Crippen LogP contribution in [0.15, 0.2) is 47.4 Å². The van der Waals surface area contributed by atoms with E-state index in [1.165, 1.54) is 0 Å². The van der Waals surface area contributed by atoms with Crippen LogP contribution in [-0.4, -0.2) is 13.0 Å². The maximum absolute atomic E-state index is 12.0. The molecule has 0 aliphatic carbocycles. The van der Waals surface area contributed by atoms with Crippen LogP contribution in [0.4, 0.5) is 11.4 Å². The van der Waals surface area contributed by atoms with Crippen LogP contribution >= 0.6 is 11.8 Å². The van der Waals surface area contributed by atoms with Crippen molar-refractivity contribution in [3.05, 3.63) is 53.6 Å². The summed E-state index contributed by atoms with van der Waals surface area (Å²) in [7, 11) is -4.40. The van der Waals surface area contributed by atoms with E-state index in [-0.39, 0.29) is 0 Å². The Morgan fingerprint density at radius 3 is 2.48 bits per heavy atom. The summed E-state index contributed by atoms with van der Waals surface area (Å²) in [4.78, 5) is 0.782. The van der Waals surface area contributed by atoms with Gasteiger partial charge in [0.05, 0.1) is 5.69 Å². The zero-order chi connectivity index (χ0) is 15.3. The van der Waals surface area contributed by atoms with Crippen molar-refractivity contribution in [2.75, 3.05) is 11.1 Å². The first kappa shape index (κ1) is 14.2. The van der Waals surface area contributed by atoms with Crippen molar-refractivity contribution in [1.29, 1.82) is 0 Å². The van der Waals surface area contributed by atoms with Crippen LogP contribution in [0.25, 0.3) is 0 Å². The average Bonchev–Trinajstić information content (AvgIpc) is 2.78. The molecule has 21 heavy (non-hydrogen) atoms. The van der Waals surface area contributed by atoms with E-state index >= 15 is 0 Å². The molecule has 1 heterocycles. The van der Waals surface area contributed by atoms with Gasteiger partial charge in [-0.05, 0) is 36.8 Å². The molecule has 4 N–H and O–H groups in total. The third-order valence-corrected chi connectivity index (χ3v) is 6.47. The van der Waals surface area contributed by atoms with Gasteiger partial charge in [-0.15, -0.1) is 0 Å². The second-order valence-electron chi connectivity index (χ2n) is 4.94. The van der Waals surface area contributed by atoms with E-state index in [4.69, 9.17) is 5.73 Å². The maximum atomic E-state index is 12.0. The third-order valence-electron chi connectivity index (χ3n) is 3.34. The fraction of sp³-hybridized carbons (Fsp3) is 0.143. The molecule has 0 fully saturated rings. The Labute approximate surface area is 127 Å². The molecular weight excluding hydrogens is 308 g/mol. The molecule has 2 aromatic carbocycles. The van der Waals surface area contributed by atoms with Crippen LogP contribution < -0.4 is 11.1 Å². The van der Waals surface area contributed by atoms with E-state index in [1.54, 1.807) is 24.3 Å². The standard InChI is InChI=1S/C14H14N2O3S2/c1-9-2-7-12-13(8-9)20-14(16-12,21(17,18)19)10-3-5-11(15)6-4-10/h2-8,16H,15H2,1H3,(H,17,18,19). The lowest BCUT2D eigenvalue weighted by molar-refractivity contribution is 0.468. The molecule has 0 amide bonds. The second-order valence-corrected chi connectivity index (χ2v) is 8.02. The predicted molar refractivity (Wildman–Crippen MR) is 84.7 cm³/mol. The first-order valence-electron chi connectivity index (χ1n) is 6.23. The van der Waals surface area contributed by atoms with E-state index < -0.39 is 14.3 Å². The Bertz CT molecular complexity index is 803. The Kier molecular flexibility index (Phi) is 3.16. The fourth-order valence-corrected chi connectivity index (χ4v) is 4.84. The zero-order valence-electron chi connectivity index (χ0n) is 11.2. The molecule has 0 bridgehead atoms. The van der Waals surface area contributed by atoms with Gasteiger partial charge in [-0.25, -0.2) is 0 Å². The minimum atomic E-state index is -4.40. The number of aryl methyl sites for hydroxylation is 1. The lowest BCUT2D eigenvalue weighted by atomic mass is 10.2. The van der Waals surface area contributed by atoms with Gasteiger partial charge in [-0.3, -0.25) is 4.55 Å². The summed E-state index contributed by atoms with van der Waals surface area (Å²) in [5.74, 6) is 0. The number of rotatable bonds is 2. The largest absolute Gasteiger partial charge is 0.399 e. The number of thioether (sulfide) groups is 1. The summed E-state index contributed by atoms with van der Waals surface area (Å²) < 4.78 is 32.2. The molecular formula is C14H14N2O3S2. The molecule has 1 unspecified atom stereocenters. The van der Waals surface area contributed by atoms with Gasteiger partial charge in [0.2, 0.25) is 4.20 Å². The Morgan fingerprint density at radius 2 is 1.86 bits per heavy atom. The molecule has 0 aromatic heterocycles. The third kappa shape index (κ3) is 2.27. The van der Waals surface area contributed by atoms with E-state index in [2.05, 4.69) is 5.32 Å². The first-order chi connectivity index (χ1) is 9.82. The monoisotopic (exact) mass is 322 g/mol. The van der Waals surface area contributed by atoms with E-state index in [1.807, 2.05) is 25.1 Å². The molecule has 1 atom stereocenters. The second kappa shape index (κ2) is 4.66. The Hall–Kier alpha value is -1.70. The van der Waals surface area contributed by atoms with E-state index in [9.17, 15) is 13.0 Å². The molecule has 2 aromatic rings. The van der Waals surface area contributed by atoms with Crippen molar-refractivity contribution < 1.29 is 13.0 Å². The molecule has 3 rings (SSSR count). The van der Waals surface area contributed by atoms with E-state index in [0.717, 1.165) is 22.2 Å². The van der Waals surface area contributed by atoms with Crippen LogP contribution in [0.3, 0.4) is 0 Å². The highest BCUT2D eigenvalue weighted by molar-refractivity contribution is 8.12. The molecule has 110 valence electrons. The van der Waals surface area contributed by atoms with E-state index in [0.29, 0.717) is 16.9 Å². The van der Waals surface area contributed by atoms with Crippen molar-refractivity contribution >= 4 is 33.3 Å². The lowest BCUT2D eigenvalue weighted by Crippen LogP contribution is -2.37. The van der Waals surface area contributed by atoms with Gasteiger partial charge in [0, 0.05) is 16.1 Å². The Balaban J connectivity index is 2.17. The molecule has 0 saturated carbocycles. The lowest BCUT2D eigenvalue weighted by Gasteiger charge is -2.26. The highest BCUT2D eigenvalue weighted by atomic mass is 32.3. The van der Waals surface area contributed by atoms with Crippen molar-refractivity contribution in [1.82, 2.24) is 0 Å². The van der Waals surface area contributed by atoms with Gasteiger partial charge < -0.3 is 11.1 Å². The molecule has 0 spiro atoms. The number of anilines is 2. The van der Waals surface area contributed by atoms with Gasteiger partial charge in [0.15, 0.2) is 0 Å². The number of nitrogens with two attached hydrogens (primary N) is 1. The molecule has 7 heteroatoms. The van der Waals surface area contributed by atoms with Crippen molar-refractivity contribution in [3.8, 4) is 0 Å². The summed E-state index contributed by atoms with van der Waals surface area (Å²) in [6.45, 7) is 1.93. The van der Waals surface area contributed by atoms with Crippen LogP contribution in [0.2, 0.25) is 0 Å². The minimum Gasteiger partial charge on any atom is -0.399 e. The van der Waals surface area contributed by atoms with Crippen molar-refractivity contribution in [2.24, 2.45) is 0 Å². The van der Waals surface area contributed by atoms with Crippen molar-refractivity contribution in [3.63, 3.8) is 0 Å². The molecule has 1 aliphatic rings. The highest BCUT2D eigenvalue weighted by Gasteiger charge is 2.50. The van der Waals surface area contributed by atoms with Crippen molar-refractivity contribution in [2.45, 2.75) is 16.0 Å². The minimum absolute atomic E-state index is 0.429. The summed E-state index contributed by atoms with van der Waals surface area (Å²) in [6, 6.07) is 12.0. The normalized spacial score (nSPS) is 20.9.